The number of nitrogens with one attached hydrogen (secondary N) is 1. The Kier molecular flexibility index (Phi) is 6.08. The average molecular weight is 305 g/mol. The van der Waals surface area contributed by atoms with E-state index < -0.39 is 0 Å². The van der Waals surface area contributed by atoms with E-state index in [0.29, 0.717) is 6.61 Å². The molecule has 3 nitrogen and oxygen atoms in total. The van der Waals surface area contributed by atoms with Gasteiger partial charge in [0.15, 0.2) is 11.5 Å². The Hall–Kier alpha value is -1.52. The van der Waals surface area contributed by atoms with Crippen LogP contribution in [0, 0.1) is 0 Å². The Morgan fingerprint density at radius 3 is 2.52 bits per heavy atom. The zero-order valence-corrected chi connectivity index (χ0v) is 13.8. The van der Waals surface area contributed by atoms with Crippen molar-refractivity contribution in [2.24, 2.45) is 0 Å². The van der Waals surface area contributed by atoms with Gasteiger partial charge in [-0.3, -0.25) is 0 Å². The summed E-state index contributed by atoms with van der Waals surface area (Å²) in [5.41, 5.74) is 1.20. The molecule has 0 spiro atoms. The van der Waals surface area contributed by atoms with Crippen molar-refractivity contribution in [1.82, 2.24) is 5.32 Å². The Morgan fingerprint density at radius 1 is 1.05 bits per heavy atom. The first kappa shape index (κ1) is 15.9. The number of thiophene rings is 1. The number of ether oxygens (including phenoxy) is 2. The van der Waals surface area contributed by atoms with Crippen molar-refractivity contribution in [3.05, 3.63) is 45.6 Å². The average Bonchev–Trinajstić information content (AvgIpc) is 2.99. The molecule has 0 radical (unpaired) electrons. The molecule has 2 aromatic rings. The third-order valence-electron chi connectivity index (χ3n) is 3.24. The highest BCUT2D eigenvalue weighted by atomic mass is 32.1. The lowest BCUT2D eigenvalue weighted by atomic mass is 10.2. The lowest BCUT2D eigenvalue weighted by Gasteiger charge is -2.12. The topological polar surface area (TPSA) is 30.5 Å². The van der Waals surface area contributed by atoms with Crippen LogP contribution in [0.5, 0.6) is 11.5 Å². The molecule has 0 unspecified atom stereocenters. The monoisotopic (exact) mass is 305 g/mol. The highest BCUT2D eigenvalue weighted by molar-refractivity contribution is 7.11. The van der Waals surface area contributed by atoms with Gasteiger partial charge in [0.1, 0.15) is 6.61 Å². The number of aryl methyl sites for hydroxylation is 1. The van der Waals surface area contributed by atoms with Crippen LogP contribution < -0.4 is 14.8 Å². The van der Waals surface area contributed by atoms with Gasteiger partial charge in [0, 0.05) is 16.3 Å². The molecule has 0 bridgehead atoms. The molecule has 0 aliphatic carbocycles. The van der Waals surface area contributed by atoms with E-state index in [9.17, 15) is 0 Å². The molecule has 0 aliphatic heterocycles. The van der Waals surface area contributed by atoms with Crippen LogP contribution in [-0.4, -0.2) is 13.7 Å². The Labute approximate surface area is 130 Å². The van der Waals surface area contributed by atoms with Gasteiger partial charge in [-0.25, -0.2) is 0 Å². The molecule has 0 saturated heterocycles. The van der Waals surface area contributed by atoms with Crippen molar-refractivity contribution in [3.63, 3.8) is 0 Å². The Morgan fingerprint density at radius 2 is 1.86 bits per heavy atom. The Bertz CT molecular complexity index is 566. The molecule has 2 rings (SSSR count). The number of methoxy groups -OCH3 is 1. The van der Waals surface area contributed by atoms with Crippen LogP contribution in [0.2, 0.25) is 0 Å². The van der Waals surface area contributed by atoms with Gasteiger partial charge < -0.3 is 14.8 Å². The van der Waals surface area contributed by atoms with Crippen LogP contribution >= 0.6 is 11.3 Å². The molecule has 0 amide bonds. The van der Waals surface area contributed by atoms with Gasteiger partial charge in [0.25, 0.3) is 0 Å². The molecule has 0 saturated carbocycles. The quantitative estimate of drug-likeness (QED) is 0.799. The van der Waals surface area contributed by atoms with E-state index in [0.717, 1.165) is 31.0 Å². The summed E-state index contributed by atoms with van der Waals surface area (Å²) in [4.78, 5) is 2.63. The van der Waals surface area contributed by atoms with Gasteiger partial charge in [0.05, 0.1) is 7.11 Å². The lowest BCUT2D eigenvalue weighted by Crippen LogP contribution is -2.11. The number of rotatable bonds is 8. The molecule has 4 heteroatoms. The normalized spacial score (nSPS) is 10.6. The maximum Gasteiger partial charge on any atom is 0.162 e. The van der Waals surface area contributed by atoms with Gasteiger partial charge in [-0.05, 0) is 42.8 Å². The Balaban J connectivity index is 2.05. The molecule has 1 heterocycles. The first-order chi connectivity index (χ1) is 10.3. The highest BCUT2D eigenvalue weighted by Crippen LogP contribution is 2.29. The predicted molar refractivity (Wildman–Crippen MR) is 88.4 cm³/mol. The van der Waals surface area contributed by atoms with Crippen molar-refractivity contribution in [2.75, 3.05) is 13.7 Å². The second-order valence-corrected chi connectivity index (χ2v) is 6.03. The number of benzene rings is 1. The summed E-state index contributed by atoms with van der Waals surface area (Å²) in [6, 6.07) is 10.4. The zero-order chi connectivity index (χ0) is 15.1. The third-order valence-corrected chi connectivity index (χ3v) is 4.45. The fourth-order valence-corrected chi connectivity index (χ4v) is 2.92. The van der Waals surface area contributed by atoms with Crippen molar-refractivity contribution in [1.29, 1.82) is 0 Å². The summed E-state index contributed by atoms with van der Waals surface area (Å²) >= 11 is 1.81. The van der Waals surface area contributed by atoms with E-state index in [1.807, 2.05) is 6.07 Å². The summed E-state index contributed by atoms with van der Waals surface area (Å²) in [6.07, 6.45) is 1.08. The maximum absolute atomic E-state index is 5.95. The summed E-state index contributed by atoms with van der Waals surface area (Å²) in [6.45, 7) is 6.66. The molecule has 1 aromatic carbocycles. The van der Waals surface area contributed by atoms with E-state index >= 15 is 0 Å². The first-order valence-corrected chi connectivity index (χ1v) is 8.16. The summed E-state index contributed by atoms with van der Waals surface area (Å²) in [5, 5.41) is 3.32. The number of hydrogen-bond acceptors (Lipinski definition) is 4. The van der Waals surface area contributed by atoms with E-state index in [2.05, 4.69) is 43.4 Å². The van der Waals surface area contributed by atoms with Gasteiger partial charge in [-0.2, -0.15) is 0 Å². The maximum atomic E-state index is 5.95. The van der Waals surface area contributed by atoms with Crippen molar-refractivity contribution < 1.29 is 9.47 Å². The van der Waals surface area contributed by atoms with E-state index in [1.54, 1.807) is 18.4 Å². The summed E-state index contributed by atoms with van der Waals surface area (Å²) in [7, 11) is 1.67. The van der Waals surface area contributed by atoms with Crippen LogP contribution in [0.15, 0.2) is 30.3 Å². The zero-order valence-electron chi connectivity index (χ0n) is 12.9. The molecule has 1 N–H and O–H groups in total. The molecule has 114 valence electrons. The van der Waals surface area contributed by atoms with Crippen LogP contribution in [0.25, 0.3) is 0 Å². The van der Waals surface area contributed by atoms with Gasteiger partial charge in [0.2, 0.25) is 0 Å². The van der Waals surface area contributed by atoms with Crippen molar-refractivity contribution >= 4 is 11.3 Å². The van der Waals surface area contributed by atoms with Gasteiger partial charge in [-0.1, -0.05) is 19.9 Å². The highest BCUT2D eigenvalue weighted by Gasteiger charge is 2.07. The number of hydrogen-bond donors (Lipinski definition) is 1. The molecular formula is C17H23NO2S. The molecule has 21 heavy (non-hydrogen) atoms. The van der Waals surface area contributed by atoms with Crippen LogP contribution in [0.3, 0.4) is 0 Å². The minimum absolute atomic E-state index is 0.589. The van der Waals surface area contributed by atoms with Crippen LogP contribution in [0.4, 0.5) is 0 Å². The standard InChI is InChI=1S/C17H23NO2S/c1-4-14-7-8-15(21-14)12-20-17-10-13(11-18-5-2)6-9-16(17)19-3/h6-10,18H,4-5,11-12H2,1-3H3. The molecule has 0 aliphatic rings. The fraction of sp³-hybridized carbons (Fsp3) is 0.412. The van der Waals surface area contributed by atoms with Crippen molar-refractivity contribution in [3.8, 4) is 11.5 Å². The molecule has 1 aromatic heterocycles. The fourth-order valence-electron chi connectivity index (χ4n) is 2.05. The third kappa shape index (κ3) is 4.48. The smallest absolute Gasteiger partial charge is 0.162 e. The van der Waals surface area contributed by atoms with Gasteiger partial charge in [-0.15, -0.1) is 11.3 Å². The molecule has 0 atom stereocenters. The van der Waals surface area contributed by atoms with Crippen molar-refractivity contribution in [2.45, 2.75) is 33.4 Å². The second-order valence-electron chi connectivity index (χ2n) is 4.78. The largest absolute Gasteiger partial charge is 0.493 e. The van der Waals surface area contributed by atoms with E-state index in [1.165, 1.54) is 15.3 Å². The summed E-state index contributed by atoms with van der Waals surface area (Å²) in [5.74, 6) is 1.59. The van der Waals surface area contributed by atoms with E-state index in [4.69, 9.17) is 9.47 Å². The lowest BCUT2D eigenvalue weighted by molar-refractivity contribution is 0.287. The van der Waals surface area contributed by atoms with E-state index in [-0.39, 0.29) is 0 Å². The molecule has 0 fully saturated rings. The first-order valence-electron chi connectivity index (χ1n) is 7.34. The predicted octanol–water partition coefficient (Wildman–Crippen LogP) is 4.01. The SMILES string of the molecule is CCNCc1ccc(OC)c(OCc2ccc(CC)s2)c1. The van der Waals surface area contributed by atoms with Gasteiger partial charge >= 0.3 is 0 Å². The summed E-state index contributed by atoms with van der Waals surface area (Å²) < 4.78 is 11.3. The minimum Gasteiger partial charge on any atom is -0.493 e. The second kappa shape index (κ2) is 8.05. The molecular weight excluding hydrogens is 282 g/mol. The van der Waals surface area contributed by atoms with Crippen LogP contribution in [0.1, 0.15) is 29.2 Å². The van der Waals surface area contributed by atoms with Crippen LogP contribution in [-0.2, 0) is 19.6 Å². The minimum atomic E-state index is 0.589.